The summed E-state index contributed by atoms with van der Waals surface area (Å²) in [4.78, 5) is 39.7. The highest BCUT2D eigenvalue weighted by Gasteiger charge is 2.22. The Morgan fingerprint density at radius 1 is 0.886 bits per heavy atom. The van der Waals surface area contributed by atoms with E-state index in [0.717, 1.165) is 5.06 Å². The van der Waals surface area contributed by atoms with Crippen molar-refractivity contribution in [2.45, 2.75) is 11.8 Å². The largest absolute Gasteiger partial charge is 0.611 e. The molecule has 0 spiro atoms. The standard InChI is InChI=1S/C17H18N2O5S.C7H5ClO2/c1-3-25(22)15-11-9-13(10-12-15)19(16(20)18-2)24-17(21)23-14-7-5-4-6-8-14;8-7(9)10-6-4-2-1-3-5-6/h4-12H,3H2,1-2H3,(H,18,20);1-5H. The number of halogens is 1. The zero-order valence-electron chi connectivity index (χ0n) is 18.9. The highest BCUT2D eigenvalue weighted by atomic mass is 35.5. The third kappa shape index (κ3) is 9.57. The Balaban J connectivity index is 0.000000360. The first kappa shape index (κ1) is 27.5. The van der Waals surface area contributed by atoms with Gasteiger partial charge in [-0.15, -0.1) is 5.06 Å². The van der Waals surface area contributed by atoms with Crippen LogP contribution in [0.15, 0.2) is 89.8 Å². The maximum atomic E-state index is 12.0. The Kier molecular flexibility index (Phi) is 11.4. The van der Waals surface area contributed by atoms with Crippen LogP contribution in [0.3, 0.4) is 0 Å². The summed E-state index contributed by atoms with van der Waals surface area (Å²) in [5.41, 5.74) is -0.521. The van der Waals surface area contributed by atoms with Gasteiger partial charge in [0.1, 0.15) is 17.3 Å². The van der Waals surface area contributed by atoms with Crippen LogP contribution in [-0.4, -0.2) is 35.0 Å². The number of hydrogen-bond acceptors (Lipinski definition) is 7. The molecule has 0 saturated carbocycles. The second-order valence-corrected chi connectivity index (χ2v) is 8.44. The summed E-state index contributed by atoms with van der Waals surface area (Å²) in [6.07, 6.45) is -1.06. The quantitative estimate of drug-likeness (QED) is 0.155. The van der Waals surface area contributed by atoms with E-state index in [1.165, 1.54) is 19.2 Å². The number of carbonyl (C=O) groups excluding carboxylic acids is 3. The van der Waals surface area contributed by atoms with Gasteiger partial charge in [-0.05, 0) is 66.6 Å². The van der Waals surface area contributed by atoms with Crippen molar-refractivity contribution < 1.29 is 33.2 Å². The molecule has 1 N–H and O–H groups in total. The molecule has 11 heteroatoms. The molecule has 0 bridgehead atoms. The lowest BCUT2D eigenvalue weighted by atomic mass is 10.3. The Morgan fingerprint density at radius 2 is 1.40 bits per heavy atom. The van der Waals surface area contributed by atoms with Crippen LogP contribution in [0.2, 0.25) is 0 Å². The number of nitrogens with zero attached hydrogens (tertiary/aromatic N) is 1. The molecule has 0 saturated heterocycles. The average molecular weight is 519 g/mol. The molecule has 0 aliphatic heterocycles. The van der Waals surface area contributed by atoms with Gasteiger partial charge in [0.05, 0.1) is 5.69 Å². The molecule has 184 valence electrons. The van der Waals surface area contributed by atoms with E-state index < -0.39 is 28.8 Å². The molecular weight excluding hydrogens is 496 g/mol. The van der Waals surface area contributed by atoms with Crippen molar-refractivity contribution in [1.29, 1.82) is 0 Å². The van der Waals surface area contributed by atoms with Crippen LogP contribution >= 0.6 is 11.6 Å². The van der Waals surface area contributed by atoms with Crippen LogP contribution in [-0.2, 0) is 16.0 Å². The van der Waals surface area contributed by atoms with Gasteiger partial charge in [-0.3, -0.25) is 4.84 Å². The third-order valence-electron chi connectivity index (χ3n) is 4.05. The third-order valence-corrected chi connectivity index (χ3v) is 5.45. The molecule has 3 aromatic rings. The molecule has 0 aliphatic rings. The zero-order valence-corrected chi connectivity index (χ0v) is 20.5. The van der Waals surface area contributed by atoms with Crippen LogP contribution in [0.1, 0.15) is 6.92 Å². The lowest BCUT2D eigenvalue weighted by Gasteiger charge is -2.20. The topological polar surface area (TPSA) is 117 Å². The smallest absolute Gasteiger partial charge is 0.539 e. The van der Waals surface area contributed by atoms with Gasteiger partial charge in [-0.2, -0.15) is 0 Å². The van der Waals surface area contributed by atoms with E-state index in [1.54, 1.807) is 66.7 Å². The highest BCUT2D eigenvalue weighted by Crippen LogP contribution is 2.20. The number of hydrogen-bond donors (Lipinski definition) is 1. The number of hydroxylamine groups is 1. The van der Waals surface area contributed by atoms with Gasteiger partial charge in [0, 0.05) is 18.6 Å². The predicted octanol–water partition coefficient (Wildman–Crippen LogP) is 5.51. The van der Waals surface area contributed by atoms with Gasteiger partial charge in [-0.25, -0.2) is 14.4 Å². The fraction of sp³-hybridized carbons (Fsp3) is 0.125. The van der Waals surface area contributed by atoms with Crippen molar-refractivity contribution in [3.05, 3.63) is 84.9 Å². The maximum Gasteiger partial charge on any atom is 0.539 e. The summed E-state index contributed by atoms with van der Waals surface area (Å²) >= 11 is 3.84. The first-order chi connectivity index (χ1) is 16.8. The molecule has 0 heterocycles. The molecule has 0 aromatic heterocycles. The van der Waals surface area contributed by atoms with E-state index in [-0.39, 0.29) is 5.75 Å². The molecule has 9 nitrogen and oxygen atoms in total. The number of amides is 2. The van der Waals surface area contributed by atoms with Gasteiger partial charge in [0.15, 0.2) is 4.90 Å². The molecule has 0 fully saturated rings. The van der Waals surface area contributed by atoms with Crippen molar-refractivity contribution in [2.75, 3.05) is 17.9 Å². The van der Waals surface area contributed by atoms with E-state index in [4.69, 9.17) is 21.2 Å². The number of para-hydroxylation sites is 2. The van der Waals surface area contributed by atoms with Crippen molar-refractivity contribution >= 4 is 46.1 Å². The van der Waals surface area contributed by atoms with Crippen molar-refractivity contribution in [3.8, 4) is 11.5 Å². The Bertz CT molecular complexity index is 1090. The van der Waals surface area contributed by atoms with Gasteiger partial charge in [0.25, 0.3) is 0 Å². The summed E-state index contributed by atoms with van der Waals surface area (Å²) in [6.45, 7) is 1.81. The normalized spacial score (nSPS) is 10.6. The van der Waals surface area contributed by atoms with E-state index in [1.807, 2.05) is 13.0 Å². The minimum atomic E-state index is -1.11. The Labute approximate surface area is 210 Å². The minimum Gasteiger partial charge on any atom is -0.611 e. The first-order valence-corrected chi connectivity index (χ1v) is 11.9. The minimum absolute atomic E-state index is 0.290. The van der Waals surface area contributed by atoms with E-state index >= 15 is 0 Å². The van der Waals surface area contributed by atoms with Crippen molar-refractivity contribution in [1.82, 2.24) is 5.32 Å². The number of benzene rings is 3. The number of anilines is 1. The van der Waals surface area contributed by atoms with Crippen molar-refractivity contribution in [3.63, 3.8) is 0 Å². The highest BCUT2D eigenvalue weighted by molar-refractivity contribution is 7.91. The van der Waals surface area contributed by atoms with Gasteiger partial charge in [0.2, 0.25) is 0 Å². The maximum absolute atomic E-state index is 12.0. The second kappa shape index (κ2) is 14.5. The molecule has 1 unspecified atom stereocenters. The van der Waals surface area contributed by atoms with E-state index in [0.29, 0.717) is 22.1 Å². The van der Waals surface area contributed by atoms with E-state index in [2.05, 4.69) is 10.1 Å². The summed E-state index contributed by atoms with van der Waals surface area (Å²) in [5, 5.41) is 3.14. The molecule has 35 heavy (non-hydrogen) atoms. The summed E-state index contributed by atoms with van der Waals surface area (Å²) in [5.74, 6) is 1.24. The number of carbonyl (C=O) groups is 3. The number of nitrogens with one attached hydrogen (secondary N) is 1. The van der Waals surface area contributed by atoms with Gasteiger partial charge < -0.3 is 19.3 Å². The number of rotatable bonds is 5. The summed E-state index contributed by atoms with van der Waals surface area (Å²) in [6, 6.07) is 22.6. The molecule has 3 aromatic carbocycles. The zero-order chi connectivity index (χ0) is 25.6. The van der Waals surface area contributed by atoms with Crippen LogP contribution < -0.4 is 19.9 Å². The predicted molar refractivity (Wildman–Crippen MR) is 132 cm³/mol. The monoisotopic (exact) mass is 518 g/mol. The number of urea groups is 1. The Hall–Kier alpha value is -3.73. The molecule has 1 atom stereocenters. The molecular formula is C24H23ClN2O7S. The second-order valence-electron chi connectivity index (χ2n) is 6.39. The summed E-state index contributed by atoms with van der Waals surface area (Å²) < 4.78 is 21.3. The fourth-order valence-corrected chi connectivity index (χ4v) is 3.33. The molecule has 2 amide bonds. The van der Waals surface area contributed by atoms with Gasteiger partial charge >= 0.3 is 17.6 Å². The Morgan fingerprint density at radius 3 is 1.86 bits per heavy atom. The first-order valence-electron chi connectivity index (χ1n) is 10.2. The van der Waals surface area contributed by atoms with Crippen LogP contribution in [0.25, 0.3) is 0 Å². The fourth-order valence-electron chi connectivity index (χ4n) is 2.47. The van der Waals surface area contributed by atoms with Crippen LogP contribution in [0.4, 0.5) is 20.1 Å². The van der Waals surface area contributed by atoms with Crippen LogP contribution in [0, 0.1) is 0 Å². The SMILES string of the molecule is CC[S+]([O-])c1ccc(N(OC(=O)Oc2ccccc2)C(=O)NC)cc1.O=C(Cl)Oc1ccccc1. The number of ether oxygens (including phenoxy) is 2. The average Bonchev–Trinajstić information content (AvgIpc) is 2.87. The lowest BCUT2D eigenvalue weighted by Crippen LogP contribution is -2.40. The van der Waals surface area contributed by atoms with Crippen molar-refractivity contribution in [2.24, 2.45) is 0 Å². The van der Waals surface area contributed by atoms with Crippen LogP contribution in [0.5, 0.6) is 11.5 Å². The van der Waals surface area contributed by atoms with Gasteiger partial charge in [-0.1, -0.05) is 36.4 Å². The van der Waals surface area contributed by atoms with E-state index in [9.17, 15) is 18.9 Å². The molecule has 0 aliphatic carbocycles. The lowest BCUT2D eigenvalue weighted by molar-refractivity contribution is 0.0928. The molecule has 0 radical (unpaired) electrons. The summed E-state index contributed by atoms with van der Waals surface area (Å²) in [7, 11) is 1.40. The molecule has 3 rings (SSSR count).